The summed E-state index contributed by atoms with van der Waals surface area (Å²) in [6, 6.07) is 11.9. The summed E-state index contributed by atoms with van der Waals surface area (Å²) in [7, 11) is -4.01. The summed E-state index contributed by atoms with van der Waals surface area (Å²) in [4.78, 5) is 12.1. The van der Waals surface area contributed by atoms with E-state index in [1.54, 1.807) is 24.3 Å². The number of carbonyl (C=O) groups excluding carboxylic acids is 1. The van der Waals surface area contributed by atoms with Crippen molar-refractivity contribution in [2.45, 2.75) is 42.9 Å². The number of nitrogens with one attached hydrogen (secondary N) is 2. The van der Waals surface area contributed by atoms with Crippen molar-refractivity contribution in [2.24, 2.45) is 0 Å². The van der Waals surface area contributed by atoms with Gasteiger partial charge in [-0.15, -0.1) is 0 Å². The molecule has 1 aliphatic rings. The largest absolute Gasteiger partial charge is 0.355 e. The molecule has 0 aromatic heterocycles. The van der Waals surface area contributed by atoms with E-state index in [1.165, 1.54) is 18.2 Å². The lowest BCUT2D eigenvalue weighted by Crippen LogP contribution is -2.35. The Kier molecular flexibility index (Phi) is 5.51. The lowest BCUT2D eigenvalue weighted by Gasteiger charge is -2.16. The van der Waals surface area contributed by atoms with Gasteiger partial charge in [-0.1, -0.05) is 37.6 Å². The molecule has 0 atom stereocenters. The predicted octanol–water partition coefficient (Wildman–Crippen LogP) is 3.57. The number of unbranched alkanes of at least 4 members (excludes halogenated alkanes) is 1. The molecule has 0 unspecified atom stereocenters. The van der Waals surface area contributed by atoms with E-state index in [0.717, 1.165) is 37.3 Å². The van der Waals surface area contributed by atoms with Crippen molar-refractivity contribution in [3.8, 4) is 0 Å². The minimum atomic E-state index is -4.01. The van der Waals surface area contributed by atoms with Gasteiger partial charge >= 0.3 is 0 Å². The summed E-state index contributed by atoms with van der Waals surface area (Å²) in [5, 5.41) is 2.97. The number of benzene rings is 2. The zero-order chi connectivity index (χ0) is 19.5. The molecule has 1 aliphatic carbocycles. The van der Waals surface area contributed by atoms with Gasteiger partial charge in [0.25, 0.3) is 10.0 Å². The zero-order valence-corrected chi connectivity index (χ0v) is 16.0. The third-order valence-electron chi connectivity index (χ3n) is 4.82. The van der Waals surface area contributed by atoms with Gasteiger partial charge in [-0.25, -0.2) is 12.8 Å². The van der Waals surface area contributed by atoms with Crippen LogP contribution in [0.1, 0.15) is 38.2 Å². The smallest absolute Gasteiger partial charge is 0.264 e. The van der Waals surface area contributed by atoms with Crippen molar-refractivity contribution >= 4 is 21.6 Å². The maximum absolute atomic E-state index is 13.8. The van der Waals surface area contributed by atoms with Gasteiger partial charge in [0.15, 0.2) is 0 Å². The number of rotatable bonds is 8. The summed E-state index contributed by atoms with van der Waals surface area (Å²) < 4.78 is 40.9. The maximum Gasteiger partial charge on any atom is 0.264 e. The summed E-state index contributed by atoms with van der Waals surface area (Å²) in [5.74, 6) is -0.780. The Morgan fingerprint density at radius 3 is 2.37 bits per heavy atom. The maximum atomic E-state index is 13.8. The molecule has 7 heteroatoms. The second kappa shape index (κ2) is 7.68. The number of hydrogen-bond acceptors (Lipinski definition) is 3. The first-order valence-corrected chi connectivity index (χ1v) is 10.5. The normalized spacial score (nSPS) is 15.2. The van der Waals surface area contributed by atoms with Crippen LogP contribution < -0.4 is 10.0 Å². The van der Waals surface area contributed by atoms with Gasteiger partial charge < -0.3 is 5.32 Å². The van der Waals surface area contributed by atoms with Crippen LogP contribution in [0.2, 0.25) is 0 Å². The molecule has 0 aliphatic heterocycles. The Balaban J connectivity index is 1.73. The fraction of sp³-hybridized carbons (Fsp3) is 0.350. The van der Waals surface area contributed by atoms with E-state index in [2.05, 4.69) is 17.0 Å². The molecule has 0 radical (unpaired) electrons. The second-order valence-electron chi connectivity index (χ2n) is 6.80. The number of hydrogen-bond donors (Lipinski definition) is 2. The van der Waals surface area contributed by atoms with Crippen LogP contribution in [0, 0.1) is 5.82 Å². The van der Waals surface area contributed by atoms with E-state index >= 15 is 0 Å². The summed E-state index contributed by atoms with van der Waals surface area (Å²) >= 11 is 0. The van der Waals surface area contributed by atoms with Gasteiger partial charge in [0, 0.05) is 12.2 Å². The molecular weight excluding hydrogens is 367 g/mol. The first-order chi connectivity index (χ1) is 12.9. The highest BCUT2D eigenvalue weighted by atomic mass is 32.2. The molecule has 1 amide bonds. The average molecular weight is 390 g/mol. The van der Waals surface area contributed by atoms with Gasteiger partial charge in [-0.05, 0) is 49.1 Å². The number of halogens is 1. The average Bonchev–Trinajstić information content (AvgIpc) is 3.44. The monoisotopic (exact) mass is 390 g/mol. The molecular formula is C20H23FN2O3S. The van der Waals surface area contributed by atoms with Gasteiger partial charge in [0.1, 0.15) is 10.7 Å². The molecule has 0 bridgehead atoms. The lowest BCUT2D eigenvalue weighted by molar-refractivity contribution is -0.123. The summed E-state index contributed by atoms with van der Waals surface area (Å²) in [6.07, 6.45) is 3.53. The van der Waals surface area contributed by atoms with Crippen LogP contribution in [0.25, 0.3) is 0 Å². The Morgan fingerprint density at radius 2 is 1.78 bits per heavy atom. The zero-order valence-electron chi connectivity index (χ0n) is 15.2. The second-order valence-corrected chi connectivity index (χ2v) is 8.46. The van der Waals surface area contributed by atoms with Crippen molar-refractivity contribution in [3.05, 3.63) is 59.9 Å². The molecule has 2 aromatic carbocycles. The third kappa shape index (κ3) is 4.13. The molecule has 0 saturated heterocycles. The predicted molar refractivity (Wildman–Crippen MR) is 102 cm³/mol. The van der Waals surface area contributed by atoms with E-state index in [4.69, 9.17) is 0 Å². The van der Waals surface area contributed by atoms with Crippen LogP contribution in [-0.4, -0.2) is 20.9 Å². The molecule has 144 valence electrons. The molecule has 5 nitrogen and oxygen atoms in total. The summed E-state index contributed by atoms with van der Waals surface area (Å²) in [6.45, 7) is 2.73. The first kappa shape index (κ1) is 19.4. The van der Waals surface area contributed by atoms with Crippen molar-refractivity contribution < 1.29 is 17.6 Å². The van der Waals surface area contributed by atoms with Crippen molar-refractivity contribution in [1.82, 2.24) is 5.32 Å². The van der Waals surface area contributed by atoms with Crippen LogP contribution >= 0.6 is 0 Å². The Hall–Kier alpha value is -2.41. The van der Waals surface area contributed by atoms with Crippen molar-refractivity contribution in [2.75, 3.05) is 11.3 Å². The number of amides is 1. The van der Waals surface area contributed by atoms with E-state index in [1.807, 2.05) is 0 Å². The highest BCUT2D eigenvalue weighted by Crippen LogP contribution is 2.48. The van der Waals surface area contributed by atoms with Crippen LogP contribution in [-0.2, 0) is 20.2 Å². The van der Waals surface area contributed by atoms with Gasteiger partial charge in [-0.2, -0.15) is 0 Å². The molecule has 0 spiro atoms. The molecule has 3 rings (SSSR count). The van der Waals surface area contributed by atoms with E-state index < -0.39 is 26.2 Å². The molecule has 0 heterocycles. The Morgan fingerprint density at radius 1 is 1.11 bits per heavy atom. The minimum Gasteiger partial charge on any atom is -0.355 e. The standard InChI is InChI=1S/C20H23FN2O3S/c1-2-3-14-22-19(24)20(12-13-20)15-8-10-16(11-9-15)23-27(25,26)18-7-5-4-6-17(18)21/h4-11,23H,2-3,12-14H2,1H3,(H,22,24). The van der Waals surface area contributed by atoms with Crippen LogP contribution in [0.4, 0.5) is 10.1 Å². The first-order valence-electron chi connectivity index (χ1n) is 9.05. The Labute approximate surface area is 159 Å². The number of anilines is 1. The molecule has 1 fully saturated rings. The molecule has 1 saturated carbocycles. The van der Waals surface area contributed by atoms with Crippen LogP contribution in [0.5, 0.6) is 0 Å². The third-order valence-corrected chi connectivity index (χ3v) is 6.23. The summed E-state index contributed by atoms with van der Waals surface area (Å²) in [5.41, 5.74) is 0.686. The van der Waals surface area contributed by atoms with Crippen molar-refractivity contribution in [1.29, 1.82) is 0 Å². The fourth-order valence-electron chi connectivity index (χ4n) is 3.05. The highest BCUT2D eigenvalue weighted by Gasteiger charge is 2.50. The van der Waals surface area contributed by atoms with Gasteiger partial charge in [0.2, 0.25) is 5.91 Å². The lowest BCUT2D eigenvalue weighted by atomic mass is 9.94. The number of carbonyl (C=O) groups is 1. The topological polar surface area (TPSA) is 75.3 Å². The van der Waals surface area contributed by atoms with Gasteiger partial charge in [0.05, 0.1) is 5.41 Å². The molecule has 27 heavy (non-hydrogen) atoms. The van der Waals surface area contributed by atoms with Crippen molar-refractivity contribution in [3.63, 3.8) is 0 Å². The molecule has 2 aromatic rings. The van der Waals surface area contributed by atoms with E-state index in [0.29, 0.717) is 12.2 Å². The quantitative estimate of drug-likeness (QED) is 0.677. The highest BCUT2D eigenvalue weighted by molar-refractivity contribution is 7.92. The van der Waals surface area contributed by atoms with Crippen LogP contribution in [0.3, 0.4) is 0 Å². The number of sulfonamides is 1. The van der Waals surface area contributed by atoms with Crippen LogP contribution in [0.15, 0.2) is 53.4 Å². The van der Waals surface area contributed by atoms with E-state index in [-0.39, 0.29) is 5.91 Å². The minimum absolute atomic E-state index is 0.0237. The molecule has 2 N–H and O–H groups in total. The van der Waals surface area contributed by atoms with Gasteiger partial charge in [-0.3, -0.25) is 9.52 Å². The van der Waals surface area contributed by atoms with E-state index in [9.17, 15) is 17.6 Å². The fourth-order valence-corrected chi connectivity index (χ4v) is 4.19. The Bertz CT molecular complexity index is 922. The SMILES string of the molecule is CCCCNC(=O)C1(c2ccc(NS(=O)(=O)c3ccccc3F)cc2)CC1.